The van der Waals surface area contributed by atoms with Gasteiger partial charge in [-0.25, -0.2) is 0 Å². The molecule has 0 aliphatic carbocycles. The molecule has 0 aromatic heterocycles. The average Bonchev–Trinajstić information content (AvgIpc) is 2.16. The van der Waals surface area contributed by atoms with Crippen molar-refractivity contribution >= 4 is 5.78 Å². The quantitative estimate of drug-likeness (QED) is 0.772. The first-order valence-corrected chi connectivity index (χ1v) is 4.97. The van der Waals surface area contributed by atoms with Crippen LogP contribution < -0.4 is 5.73 Å². The number of carbonyl (C=O) groups excluding carboxylic acids is 1. The molecule has 0 radical (unpaired) electrons. The van der Waals surface area contributed by atoms with Crippen molar-refractivity contribution in [2.24, 2.45) is 5.73 Å². The first-order valence-electron chi connectivity index (χ1n) is 4.97. The predicted molar refractivity (Wildman–Crippen MR) is 58.0 cm³/mol. The van der Waals surface area contributed by atoms with E-state index in [4.69, 9.17) is 5.73 Å². The van der Waals surface area contributed by atoms with Gasteiger partial charge in [0.05, 0.1) is 0 Å². The molecular formula is C12H17NO. The van der Waals surface area contributed by atoms with Crippen LogP contribution in [0.5, 0.6) is 0 Å². The summed E-state index contributed by atoms with van der Waals surface area (Å²) >= 11 is 0. The van der Waals surface area contributed by atoms with E-state index in [2.05, 4.69) is 12.1 Å². The number of hydrogen-bond acceptors (Lipinski definition) is 2. The van der Waals surface area contributed by atoms with E-state index < -0.39 is 0 Å². The molecule has 2 N–H and O–H groups in total. The second kappa shape index (κ2) is 5.55. The van der Waals surface area contributed by atoms with Gasteiger partial charge >= 0.3 is 0 Å². The lowest BCUT2D eigenvalue weighted by Gasteiger charge is -2.09. The molecule has 2 heteroatoms. The summed E-state index contributed by atoms with van der Waals surface area (Å²) in [5, 5.41) is 0. The number of hydrogen-bond donors (Lipinski definition) is 1. The second-order valence-corrected chi connectivity index (χ2v) is 3.69. The molecule has 1 rings (SSSR count). The van der Waals surface area contributed by atoms with Crippen LogP contribution in [0.25, 0.3) is 0 Å². The fourth-order valence-electron chi connectivity index (χ4n) is 1.41. The molecule has 0 aliphatic rings. The third kappa shape index (κ3) is 4.19. The molecule has 0 bridgehead atoms. The second-order valence-electron chi connectivity index (χ2n) is 3.69. The van der Waals surface area contributed by atoms with Crippen LogP contribution in [0.1, 0.15) is 25.3 Å². The minimum Gasteiger partial charge on any atom is -0.327 e. The third-order valence-corrected chi connectivity index (χ3v) is 2.21. The summed E-state index contributed by atoms with van der Waals surface area (Å²) in [5.74, 6) is 0.216. The van der Waals surface area contributed by atoms with Crippen molar-refractivity contribution in [3.63, 3.8) is 0 Å². The Kier molecular flexibility index (Phi) is 4.33. The van der Waals surface area contributed by atoms with E-state index in [1.807, 2.05) is 18.2 Å². The molecule has 0 spiro atoms. The molecule has 0 saturated heterocycles. The molecule has 14 heavy (non-hydrogen) atoms. The number of Topliss-reactive ketones (excluding diaryl/α,β-unsaturated/α-hetero) is 1. The third-order valence-electron chi connectivity index (χ3n) is 2.21. The average molecular weight is 191 g/mol. The lowest BCUT2D eigenvalue weighted by Crippen LogP contribution is -2.23. The van der Waals surface area contributed by atoms with Crippen LogP contribution in [0.2, 0.25) is 0 Å². The van der Waals surface area contributed by atoms with E-state index in [-0.39, 0.29) is 11.8 Å². The van der Waals surface area contributed by atoms with Gasteiger partial charge < -0.3 is 10.5 Å². The maximum absolute atomic E-state index is 10.7. The number of ketones is 1. The lowest BCUT2D eigenvalue weighted by atomic mass is 10.0. The summed E-state index contributed by atoms with van der Waals surface area (Å²) in [6, 6.07) is 10.2. The molecule has 1 atom stereocenters. The standard InChI is InChI=1S/C12H17NO/c1-10(14)7-8-12(13)9-11-5-3-2-4-6-11/h2-6,12H,7-9,13H2,1H3. The maximum Gasteiger partial charge on any atom is 0.129 e. The summed E-state index contributed by atoms with van der Waals surface area (Å²) in [5.41, 5.74) is 7.14. The molecular weight excluding hydrogens is 174 g/mol. The monoisotopic (exact) mass is 191 g/mol. The van der Waals surface area contributed by atoms with Crippen molar-refractivity contribution in [1.82, 2.24) is 0 Å². The van der Waals surface area contributed by atoms with Crippen LogP contribution in [0, 0.1) is 0 Å². The molecule has 0 fully saturated rings. The highest BCUT2D eigenvalue weighted by atomic mass is 16.1. The Morgan fingerprint density at radius 2 is 2.00 bits per heavy atom. The van der Waals surface area contributed by atoms with Gasteiger partial charge in [0.1, 0.15) is 5.78 Å². The molecule has 0 aliphatic heterocycles. The molecule has 0 saturated carbocycles. The van der Waals surface area contributed by atoms with Crippen LogP contribution in [0.3, 0.4) is 0 Å². The molecule has 1 unspecified atom stereocenters. The normalized spacial score (nSPS) is 12.4. The minimum atomic E-state index is 0.0984. The molecule has 1 aromatic rings. The molecule has 1 aromatic carbocycles. The summed E-state index contributed by atoms with van der Waals surface area (Å²) in [6.07, 6.45) is 2.23. The smallest absolute Gasteiger partial charge is 0.129 e. The van der Waals surface area contributed by atoms with E-state index in [1.54, 1.807) is 6.92 Å². The maximum atomic E-state index is 10.7. The minimum absolute atomic E-state index is 0.0984. The molecule has 2 nitrogen and oxygen atoms in total. The number of rotatable bonds is 5. The Hall–Kier alpha value is -1.15. The zero-order valence-electron chi connectivity index (χ0n) is 8.57. The Bertz CT molecular complexity index is 282. The predicted octanol–water partition coefficient (Wildman–Crippen LogP) is 1.93. The number of nitrogens with two attached hydrogens (primary N) is 1. The van der Waals surface area contributed by atoms with E-state index in [0.29, 0.717) is 6.42 Å². The van der Waals surface area contributed by atoms with Gasteiger partial charge in [0.15, 0.2) is 0 Å². The van der Waals surface area contributed by atoms with Crippen molar-refractivity contribution in [1.29, 1.82) is 0 Å². The van der Waals surface area contributed by atoms with E-state index >= 15 is 0 Å². The highest BCUT2D eigenvalue weighted by Gasteiger charge is 2.04. The van der Waals surface area contributed by atoms with Crippen molar-refractivity contribution in [3.05, 3.63) is 35.9 Å². The van der Waals surface area contributed by atoms with Crippen LogP contribution in [0.15, 0.2) is 30.3 Å². The summed E-state index contributed by atoms with van der Waals surface area (Å²) in [6.45, 7) is 1.61. The van der Waals surface area contributed by atoms with Gasteiger partial charge in [-0.15, -0.1) is 0 Å². The van der Waals surface area contributed by atoms with Crippen molar-refractivity contribution in [2.45, 2.75) is 32.2 Å². The van der Waals surface area contributed by atoms with Gasteiger partial charge in [-0.05, 0) is 25.3 Å². The molecule has 0 heterocycles. The van der Waals surface area contributed by atoms with Crippen molar-refractivity contribution in [2.75, 3.05) is 0 Å². The summed E-state index contributed by atoms with van der Waals surface area (Å²) < 4.78 is 0. The summed E-state index contributed by atoms with van der Waals surface area (Å²) in [7, 11) is 0. The Balaban J connectivity index is 2.34. The SMILES string of the molecule is CC(=O)CCC(N)Cc1ccccc1. The van der Waals surface area contributed by atoms with Gasteiger partial charge in [-0.1, -0.05) is 30.3 Å². The van der Waals surface area contributed by atoms with Gasteiger partial charge in [-0.2, -0.15) is 0 Å². The highest BCUT2D eigenvalue weighted by molar-refractivity contribution is 5.75. The first kappa shape index (κ1) is 10.9. The van der Waals surface area contributed by atoms with Crippen LogP contribution >= 0.6 is 0 Å². The topological polar surface area (TPSA) is 43.1 Å². The number of benzene rings is 1. The van der Waals surface area contributed by atoms with Crippen molar-refractivity contribution in [3.8, 4) is 0 Å². The van der Waals surface area contributed by atoms with Gasteiger partial charge in [0, 0.05) is 12.5 Å². The van der Waals surface area contributed by atoms with E-state index in [1.165, 1.54) is 5.56 Å². The first-order chi connectivity index (χ1) is 6.68. The van der Waals surface area contributed by atoms with Gasteiger partial charge in [0.25, 0.3) is 0 Å². The number of carbonyl (C=O) groups is 1. The van der Waals surface area contributed by atoms with Gasteiger partial charge in [0.2, 0.25) is 0 Å². The fraction of sp³-hybridized carbons (Fsp3) is 0.417. The lowest BCUT2D eigenvalue weighted by molar-refractivity contribution is -0.117. The van der Waals surface area contributed by atoms with Gasteiger partial charge in [-0.3, -0.25) is 0 Å². The van der Waals surface area contributed by atoms with Crippen LogP contribution in [0.4, 0.5) is 0 Å². The Morgan fingerprint density at radius 1 is 1.36 bits per heavy atom. The zero-order valence-corrected chi connectivity index (χ0v) is 8.57. The van der Waals surface area contributed by atoms with Crippen molar-refractivity contribution < 1.29 is 4.79 Å². The Morgan fingerprint density at radius 3 is 2.57 bits per heavy atom. The summed E-state index contributed by atoms with van der Waals surface area (Å²) in [4.78, 5) is 10.7. The molecule has 76 valence electrons. The van der Waals surface area contributed by atoms with E-state index in [0.717, 1.165) is 12.8 Å². The Labute approximate surface area is 85.1 Å². The van der Waals surface area contributed by atoms with Crippen LogP contribution in [-0.2, 0) is 11.2 Å². The van der Waals surface area contributed by atoms with Crippen LogP contribution in [-0.4, -0.2) is 11.8 Å². The fourth-order valence-corrected chi connectivity index (χ4v) is 1.41. The largest absolute Gasteiger partial charge is 0.327 e. The van der Waals surface area contributed by atoms with E-state index in [9.17, 15) is 4.79 Å². The molecule has 0 amide bonds. The highest BCUT2D eigenvalue weighted by Crippen LogP contribution is 2.05. The zero-order chi connectivity index (χ0) is 10.4.